The van der Waals surface area contributed by atoms with E-state index in [-0.39, 0.29) is 11.8 Å². The van der Waals surface area contributed by atoms with E-state index in [9.17, 15) is 14.4 Å². The molecule has 0 aromatic heterocycles. The number of ether oxygens (including phenoxy) is 1. The highest BCUT2D eigenvalue weighted by molar-refractivity contribution is 5.94. The molecule has 2 rings (SSSR count). The minimum absolute atomic E-state index is 0.0137. The summed E-state index contributed by atoms with van der Waals surface area (Å²) in [5, 5.41) is 11.4. The number of aliphatic carboxylic acids is 1. The summed E-state index contributed by atoms with van der Waals surface area (Å²) in [6.07, 6.45) is 0.898. The van der Waals surface area contributed by atoms with Crippen LogP contribution in [0.5, 0.6) is 5.75 Å². The van der Waals surface area contributed by atoms with E-state index in [1.54, 1.807) is 60.5 Å². The molecule has 7 heteroatoms. The van der Waals surface area contributed by atoms with Gasteiger partial charge in [0, 0.05) is 32.1 Å². The van der Waals surface area contributed by atoms with Crippen LogP contribution in [0, 0.1) is 0 Å². The molecule has 0 aliphatic rings. The van der Waals surface area contributed by atoms with E-state index in [1.807, 2.05) is 6.07 Å². The number of carboxylic acid groups (broad SMARTS) is 1. The second-order valence-corrected chi connectivity index (χ2v) is 6.30. The van der Waals surface area contributed by atoms with Crippen LogP contribution in [-0.2, 0) is 16.1 Å². The fourth-order valence-electron chi connectivity index (χ4n) is 2.52. The summed E-state index contributed by atoms with van der Waals surface area (Å²) in [6, 6.07) is 15.9. The molecule has 0 unspecified atom stereocenters. The molecule has 0 saturated carbocycles. The third-order valence-electron chi connectivity index (χ3n) is 4.02. The maximum absolute atomic E-state index is 12.2. The van der Waals surface area contributed by atoms with Gasteiger partial charge in [-0.2, -0.15) is 0 Å². The Balaban J connectivity index is 1.69. The van der Waals surface area contributed by atoms with Crippen LogP contribution in [0.3, 0.4) is 0 Å². The van der Waals surface area contributed by atoms with Crippen molar-refractivity contribution in [2.75, 3.05) is 20.2 Å². The number of carbonyl (C=O) groups excluding carboxylic acids is 2. The maximum atomic E-state index is 12.2. The van der Waals surface area contributed by atoms with Crippen LogP contribution in [0.4, 0.5) is 0 Å². The van der Waals surface area contributed by atoms with Crippen molar-refractivity contribution in [1.29, 1.82) is 0 Å². The average molecular weight is 384 g/mol. The number of nitrogens with one attached hydrogen (secondary N) is 1. The van der Waals surface area contributed by atoms with E-state index in [2.05, 4.69) is 5.32 Å². The molecule has 148 valence electrons. The van der Waals surface area contributed by atoms with Gasteiger partial charge < -0.3 is 20.1 Å². The quantitative estimate of drug-likeness (QED) is 0.613. The smallest absolute Gasteiger partial charge is 0.341 e. The molecule has 2 N–H and O–H groups in total. The third kappa shape index (κ3) is 7.11. The van der Waals surface area contributed by atoms with Gasteiger partial charge in [0.15, 0.2) is 6.61 Å². The zero-order chi connectivity index (χ0) is 20.4. The molecular formula is C21H24N2O5. The molecule has 0 heterocycles. The molecule has 28 heavy (non-hydrogen) atoms. The monoisotopic (exact) mass is 384 g/mol. The predicted octanol–water partition coefficient (Wildman–Crippen LogP) is 2.32. The number of nitrogens with zero attached hydrogens (tertiary/aromatic N) is 1. The van der Waals surface area contributed by atoms with Gasteiger partial charge in [-0.1, -0.05) is 30.3 Å². The van der Waals surface area contributed by atoms with Crippen LogP contribution in [0.2, 0.25) is 0 Å². The van der Waals surface area contributed by atoms with Gasteiger partial charge in [0.2, 0.25) is 5.91 Å². The maximum Gasteiger partial charge on any atom is 0.341 e. The zero-order valence-corrected chi connectivity index (χ0v) is 15.8. The first-order chi connectivity index (χ1) is 13.5. The van der Waals surface area contributed by atoms with E-state index in [1.165, 1.54) is 0 Å². The number of amides is 2. The van der Waals surface area contributed by atoms with E-state index >= 15 is 0 Å². The summed E-state index contributed by atoms with van der Waals surface area (Å²) in [5.41, 5.74) is 1.51. The Morgan fingerprint density at radius 3 is 2.36 bits per heavy atom. The highest BCUT2D eigenvalue weighted by Crippen LogP contribution is 2.13. The van der Waals surface area contributed by atoms with Crippen molar-refractivity contribution in [2.45, 2.75) is 19.4 Å². The largest absolute Gasteiger partial charge is 0.482 e. The minimum Gasteiger partial charge on any atom is -0.482 e. The summed E-state index contributed by atoms with van der Waals surface area (Å²) in [5.74, 6) is -0.726. The van der Waals surface area contributed by atoms with Crippen LogP contribution >= 0.6 is 0 Å². The van der Waals surface area contributed by atoms with Crippen LogP contribution in [0.15, 0.2) is 54.6 Å². The van der Waals surface area contributed by atoms with Crippen molar-refractivity contribution < 1.29 is 24.2 Å². The zero-order valence-electron chi connectivity index (χ0n) is 15.8. The Bertz CT molecular complexity index is 790. The van der Waals surface area contributed by atoms with Crippen LogP contribution in [0.25, 0.3) is 0 Å². The van der Waals surface area contributed by atoms with Gasteiger partial charge in [0.1, 0.15) is 5.75 Å². The van der Waals surface area contributed by atoms with Crippen molar-refractivity contribution in [3.05, 3.63) is 65.7 Å². The molecule has 0 radical (unpaired) electrons. The second-order valence-electron chi connectivity index (χ2n) is 6.30. The van der Waals surface area contributed by atoms with Gasteiger partial charge in [-0.15, -0.1) is 0 Å². The molecular weight excluding hydrogens is 360 g/mol. The van der Waals surface area contributed by atoms with Gasteiger partial charge in [0.25, 0.3) is 5.91 Å². The molecule has 7 nitrogen and oxygen atoms in total. The Kier molecular flexibility index (Phi) is 8.02. The molecule has 0 aliphatic carbocycles. The topological polar surface area (TPSA) is 95.9 Å². The van der Waals surface area contributed by atoms with Crippen molar-refractivity contribution >= 4 is 17.8 Å². The SMILES string of the molecule is CN(Cc1ccc(OCC(=O)O)cc1)C(=O)CCCNC(=O)c1ccccc1. The summed E-state index contributed by atoms with van der Waals surface area (Å²) in [6.45, 7) is 0.482. The Hall–Kier alpha value is -3.35. The molecule has 0 spiro atoms. The van der Waals surface area contributed by atoms with Gasteiger partial charge in [-0.3, -0.25) is 9.59 Å². The van der Waals surface area contributed by atoms with E-state index in [0.29, 0.717) is 37.2 Å². The molecule has 2 aromatic carbocycles. The molecule has 0 atom stereocenters. The first-order valence-electron chi connectivity index (χ1n) is 8.96. The lowest BCUT2D eigenvalue weighted by molar-refractivity contribution is -0.139. The number of carbonyl (C=O) groups is 3. The summed E-state index contributed by atoms with van der Waals surface area (Å²) < 4.78 is 5.08. The van der Waals surface area contributed by atoms with Crippen molar-refractivity contribution in [3.63, 3.8) is 0 Å². The molecule has 2 amide bonds. The van der Waals surface area contributed by atoms with Crippen molar-refractivity contribution in [3.8, 4) is 5.75 Å². The van der Waals surface area contributed by atoms with Crippen molar-refractivity contribution in [1.82, 2.24) is 10.2 Å². The molecule has 0 fully saturated rings. The second kappa shape index (κ2) is 10.7. The summed E-state index contributed by atoms with van der Waals surface area (Å²) in [4.78, 5) is 36.3. The Morgan fingerprint density at radius 2 is 1.71 bits per heavy atom. The van der Waals surface area contributed by atoms with Gasteiger partial charge in [0.05, 0.1) is 0 Å². The molecule has 0 saturated heterocycles. The minimum atomic E-state index is -1.03. The van der Waals surface area contributed by atoms with E-state index in [0.717, 1.165) is 5.56 Å². The standard InChI is InChI=1S/C21H24N2O5/c1-23(14-16-9-11-18(12-10-16)28-15-20(25)26)19(24)8-5-13-22-21(27)17-6-3-2-4-7-17/h2-4,6-7,9-12H,5,8,13-15H2,1H3,(H,22,27)(H,25,26). The van der Waals surface area contributed by atoms with Crippen LogP contribution < -0.4 is 10.1 Å². The highest BCUT2D eigenvalue weighted by Gasteiger charge is 2.10. The summed E-state index contributed by atoms with van der Waals surface area (Å²) in [7, 11) is 1.72. The number of hydrogen-bond acceptors (Lipinski definition) is 4. The lowest BCUT2D eigenvalue weighted by atomic mass is 10.2. The van der Waals surface area contributed by atoms with E-state index in [4.69, 9.17) is 9.84 Å². The lowest BCUT2D eigenvalue weighted by Gasteiger charge is -2.17. The first-order valence-corrected chi connectivity index (χ1v) is 8.96. The first kappa shape index (κ1) is 21.0. The number of benzene rings is 2. The van der Waals surface area contributed by atoms with Crippen LogP contribution in [0.1, 0.15) is 28.8 Å². The number of rotatable bonds is 10. The van der Waals surface area contributed by atoms with Crippen molar-refractivity contribution in [2.24, 2.45) is 0 Å². The average Bonchev–Trinajstić information content (AvgIpc) is 2.70. The summed E-state index contributed by atoms with van der Waals surface area (Å²) >= 11 is 0. The fourth-order valence-corrected chi connectivity index (χ4v) is 2.52. The molecule has 0 aliphatic heterocycles. The third-order valence-corrected chi connectivity index (χ3v) is 4.02. The normalized spacial score (nSPS) is 10.2. The molecule has 2 aromatic rings. The van der Waals surface area contributed by atoms with Gasteiger partial charge in [-0.25, -0.2) is 4.79 Å². The van der Waals surface area contributed by atoms with Gasteiger partial charge in [-0.05, 0) is 36.2 Å². The number of hydrogen-bond donors (Lipinski definition) is 2. The fraction of sp³-hybridized carbons (Fsp3) is 0.286. The number of carboxylic acids is 1. The lowest BCUT2D eigenvalue weighted by Crippen LogP contribution is -2.28. The highest BCUT2D eigenvalue weighted by atomic mass is 16.5. The van der Waals surface area contributed by atoms with E-state index < -0.39 is 12.6 Å². The predicted molar refractivity (Wildman–Crippen MR) is 104 cm³/mol. The van der Waals surface area contributed by atoms with Crippen LogP contribution in [-0.4, -0.2) is 48.0 Å². The van der Waals surface area contributed by atoms with Gasteiger partial charge >= 0.3 is 5.97 Å². The molecule has 0 bridgehead atoms. The Morgan fingerprint density at radius 1 is 1.04 bits per heavy atom. The Labute approximate surface area is 163 Å².